The highest BCUT2D eigenvalue weighted by molar-refractivity contribution is 7.10. The molecule has 0 aliphatic carbocycles. The molecule has 0 bridgehead atoms. The van der Waals surface area contributed by atoms with Crippen molar-refractivity contribution in [2.45, 2.75) is 19.4 Å². The molecular weight excluding hydrogens is 360 g/mol. The number of phenols is 1. The number of nitrogens with one attached hydrogen (secondary N) is 1. The highest BCUT2D eigenvalue weighted by atomic mass is 32.1. The van der Waals surface area contributed by atoms with Gasteiger partial charge in [-0.3, -0.25) is 4.90 Å². The Labute approximate surface area is 161 Å². The van der Waals surface area contributed by atoms with Gasteiger partial charge in [-0.15, -0.1) is 22.7 Å². The highest BCUT2D eigenvalue weighted by Gasteiger charge is 2.11. The molecule has 0 radical (unpaired) electrons. The van der Waals surface area contributed by atoms with Gasteiger partial charge in [0.2, 0.25) is 0 Å². The molecule has 0 aliphatic rings. The molecule has 4 aromatic rings. The molecule has 2 N–H and O–H groups in total. The van der Waals surface area contributed by atoms with Crippen molar-refractivity contribution in [1.82, 2.24) is 9.88 Å². The van der Waals surface area contributed by atoms with Crippen LogP contribution in [0.3, 0.4) is 0 Å². The van der Waals surface area contributed by atoms with Crippen LogP contribution in [-0.4, -0.2) is 28.1 Å². The van der Waals surface area contributed by atoms with E-state index in [2.05, 4.69) is 51.1 Å². The van der Waals surface area contributed by atoms with Crippen LogP contribution in [0, 0.1) is 0 Å². The third kappa shape index (κ3) is 4.18. The van der Waals surface area contributed by atoms with E-state index in [1.807, 2.05) is 34.8 Å². The molecule has 5 heteroatoms. The van der Waals surface area contributed by atoms with Crippen LogP contribution in [0.1, 0.15) is 15.3 Å². The fraction of sp³-hybridized carbons (Fsp3) is 0.238. The van der Waals surface area contributed by atoms with Crippen molar-refractivity contribution >= 4 is 33.6 Å². The number of hydrogen-bond acceptors (Lipinski definition) is 4. The third-order valence-corrected chi connectivity index (χ3v) is 6.46. The summed E-state index contributed by atoms with van der Waals surface area (Å²) in [5.41, 5.74) is 2.35. The van der Waals surface area contributed by atoms with E-state index in [1.54, 1.807) is 6.07 Å². The summed E-state index contributed by atoms with van der Waals surface area (Å²) in [6, 6.07) is 14.2. The summed E-state index contributed by atoms with van der Waals surface area (Å²) in [4.78, 5) is 8.70. The molecule has 0 spiro atoms. The minimum atomic E-state index is 0.325. The standard InChI is InChI=1S/C21H22N2OS2/c24-17-5-6-21-20(13-17)16(14-22-21)7-9-23(15-19-4-2-12-26-19)10-8-18-3-1-11-25-18/h1-6,11-14,22,24H,7-10,15H2. The summed E-state index contributed by atoms with van der Waals surface area (Å²) in [6.45, 7) is 3.06. The lowest BCUT2D eigenvalue weighted by atomic mass is 10.1. The van der Waals surface area contributed by atoms with Crippen LogP contribution in [0.15, 0.2) is 59.4 Å². The monoisotopic (exact) mass is 382 g/mol. The molecule has 0 saturated heterocycles. The number of H-pyrrole nitrogens is 1. The van der Waals surface area contributed by atoms with Gasteiger partial charge < -0.3 is 10.1 Å². The Morgan fingerprint density at radius 2 is 1.69 bits per heavy atom. The Balaban J connectivity index is 1.45. The number of rotatable bonds is 8. The molecular formula is C21H22N2OS2. The van der Waals surface area contributed by atoms with Gasteiger partial charge in [0.05, 0.1) is 0 Å². The van der Waals surface area contributed by atoms with Crippen LogP contribution in [0.2, 0.25) is 0 Å². The molecule has 134 valence electrons. The van der Waals surface area contributed by atoms with Gasteiger partial charge in [0.15, 0.2) is 0 Å². The van der Waals surface area contributed by atoms with E-state index in [0.29, 0.717) is 5.75 Å². The average Bonchev–Trinajstić information content (AvgIpc) is 3.39. The van der Waals surface area contributed by atoms with Gasteiger partial charge in [0.1, 0.15) is 5.75 Å². The first-order chi connectivity index (χ1) is 12.8. The van der Waals surface area contributed by atoms with E-state index in [1.165, 1.54) is 15.3 Å². The third-order valence-electron chi connectivity index (χ3n) is 4.66. The Bertz CT molecular complexity index is 942. The molecule has 0 aliphatic heterocycles. The zero-order chi connectivity index (χ0) is 17.8. The second-order valence-corrected chi connectivity index (χ2v) is 8.54. The first kappa shape index (κ1) is 17.3. The zero-order valence-corrected chi connectivity index (χ0v) is 16.2. The number of aromatic amines is 1. The van der Waals surface area contributed by atoms with E-state index in [4.69, 9.17) is 0 Å². The molecule has 26 heavy (non-hydrogen) atoms. The first-order valence-electron chi connectivity index (χ1n) is 8.84. The summed E-state index contributed by atoms with van der Waals surface area (Å²) in [5.74, 6) is 0.325. The molecule has 3 aromatic heterocycles. The predicted molar refractivity (Wildman–Crippen MR) is 111 cm³/mol. The largest absolute Gasteiger partial charge is 0.508 e. The van der Waals surface area contributed by atoms with E-state index in [-0.39, 0.29) is 0 Å². The van der Waals surface area contributed by atoms with E-state index in [9.17, 15) is 5.11 Å². The number of nitrogens with zero attached hydrogens (tertiary/aromatic N) is 1. The number of hydrogen-bond donors (Lipinski definition) is 2. The summed E-state index contributed by atoms with van der Waals surface area (Å²) < 4.78 is 0. The van der Waals surface area contributed by atoms with Crippen molar-refractivity contribution in [3.05, 3.63) is 74.7 Å². The van der Waals surface area contributed by atoms with Crippen molar-refractivity contribution in [1.29, 1.82) is 0 Å². The second kappa shape index (κ2) is 8.08. The fourth-order valence-electron chi connectivity index (χ4n) is 3.27. The Morgan fingerprint density at radius 1 is 0.923 bits per heavy atom. The summed E-state index contributed by atoms with van der Waals surface area (Å²) in [5, 5.41) is 15.2. The van der Waals surface area contributed by atoms with Crippen LogP contribution in [0.4, 0.5) is 0 Å². The van der Waals surface area contributed by atoms with Crippen molar-refractivity contribution in [2.75, 3.05) is 13.1 Å². The van der Waals surface area contributed by atoms with Gasteiger partial charge in [0, 0.05) is 46.5 Å². The first-order valence-corrected chi connectivity index (χ1v) is 10.6. The maximum Gasteiger partial charge on any atom is 0.116 e. The fourth-order valence-corrected chi connectivity index (χ4v) is 4.71. The zero-order valence-electron chi connectivity index (χ0n) is 14.5. The lowest BCUT2D eigenvalue weighted by Gasteiger charge is -2.21. The van der Waals surface area contributed by atoms with Gasteiger partial charge in [-0.2, -0.15) is 0 Å². The minimum Gasteiger partial charge on any atom is -0.508 e. The van der Waals surface area contributed by atoms with Crippen molar-refractivity contribution in [3.63, 3.8) is 0 Å². The molecule has 4 rings (SSSR count). The molecule has 3 heterocycles. The van der Waals surface area contributed by atoms with E-state index in [0.717, 1.165) is 43.4 Å². The quantitative estimate of drug-likeness (QED) is 0.435. The highest BCUT2D eigenvalue weighted by Crippen LogP contribution is 2.24. The lowest BCUT2D eigenvalue weighted by molar-refractivity contribution is 0.275. The molecule has 3 nitrogen and oxygen atoms in total. The number of aromatic hydroxyl groups is 1. The SMILES string of the molecule is Oc1ccc2[nH]cc(CCN(CCc3cccs3)Cc3cccs3)c2c1. The van der Waals surface area contributed by atoms with Gasteiger partial charge in [-0.05, 0) is 59.5 Å². The number of aromatic nitrogens is 1. The molecule has 0 unspecified atom stereocenters. The molecule has 0 saturated carbocycles. The van der Waals surface area contributed by atoms with Gasteiger partial charge >= 0.3 is 0 Å². The summed E-state index contributed by atoms with van der Waals surface area (Å²) in [6.07, 6.45) is 4.14. The normalized spacial score (nSPS) is 11.6. The molecule has 1 aromatic carbocycles. The van der Waals surface area contributed by atoms with Crippen LogP contribution in [0.5, 0.6) is 5.75 Å². The van der Waals surface area contributed by atoms with E-state index < -0.39 is 0 Å². The maximum atomic E-state index is 9.79. The van der Waals surface area contributed by atoms with Gasteiger partial charge in [-0.1, -0.05) is 12.1 Å². The number of phenolic OH excluding ortho intramolecular Hbond substituents is 1. The number of fused-ring (bicyclic) bond motifs is 1. The molecule has 0 amide bonds. The van der Waals surface area contributed by atoms with Crippen molar-refractivity contribution < 1.29 is 5.11 Å². The van der Waals surface area contributed by atoms with Crippen LogP contribution in [-0.2, 0) is 19.4 Å². The predicted octanol–water partition coefficient (Wildman–Crippen LogP) is 5.28. The van der Waals surface area contributed by atoms with Crippen molar-refractivity contribution in [3.8, 4) is 5.75 Å². The molecule has 0 atom stereocenters. The minimum absolute atomic E-state index is 0.325. The lowest BCUT2D eigenvalue weighted by Crippen LogP contribution is -2.27. The maximum absolute atomic E-state index is 9.79. The average molecular weight is 383 g/mol. The Hall–Kier alpha value is -2.08. The number of thiophene rings is 2. The topological polar surface area (TPSA) is 39.3 Å². The second-order valence-electron chi connectivity index (χ2n) is 6.48. The van der Waals surface area contributed by atoms with Crippen LogP contribution in [0.25, 0.3) is 10.9 Å². The summed E-state index contributed by atoms with van der Waals surface area (Å²) in [7, 11) is 0. The van der Waals surface area contributed by atoms with Gasteiger partial charge in [0.25, 0.3) is 0 Å². The molecule has 0 fully saturated rings. The van der Waals surface area contributed by atoms with Crippen molar-refractivity contribution in [2.24, 2.45) is 0 Å². The summed E-state index contributed by atoms with van der Waals surface area (Å²) >= 11 is 3.66. The van der Waals surface area contributed by atoms with Crippen LogP contribution < -0.4 is 0 Å². The van der Waals surface area contributed by atoms with E-state index >= 15 is 0 Å². The van der Waals surface area contributed by atoms with Gasteiger partial charge in [-0.25, -0.2) is 0 Å². The smallest absolute Gasteiger partial charge is 0.116 e. The Morgan fingerprint density at radius 3 is 2.46 bits per heavy atom. The van der Waals surface area contributed by atoms with Crippen LogP contribution >= 0.6 is 22.7 Å². The Kier molecular flexibility index (Phi) is 5.39. The number of benzene rings is 1.